The zero-order valence-electron chi connectivity index (χ0n) is 8.94. The molecule has 1 heterocycles. The minimum absolute atomic E-state index is 0.600. The van der Waals surface area contributed by atoms with E-state index in [-0.39, 0.29) is 0 Å². The number of carbonyl (C=O) groups excluding carboxylic acids is 2. The lowest BCUT2D eigenvalue weighted by Crippen LogP contribution is -1.84. The summed E-state index contributed by atoms with van der Waals surface area (Å²) in [5, 5.41) is 1.64. The third-order valence-electron chi connectivity index (χ3n) is 2.97. The van der Waals surface area contributed by atoms with Gasteiger partial charge in [0.05, 0.1) is 0 Å². The summed E-state index contributed by atoms with van der Waals surface area (Å²) in [4.78, 5) is 25.3. The zero-order chi connectivity index (χ0) is 11.8. The molecule has 82 valence electrons. The number of hydrogen-bond acceptors (Lipinski definition) is 2. The first-order valence-electron chi connectivity index (χ1n) is 5.29. The van der Waals surface area contributed by atoms with Gasteiger partial charge in [-0.15, -0.1) is 0 Å². The van der Waals surface area contributed by atoms with Crippen LogP contribution in [0.3, 0.4) is 0 Å². The van der Waals surface area contributed by atoms with Gasteiger partial charge in [-0.25, -0.2) is 0 Å². The van der Waals surface area contributed by atoms with E-state index in [1.54, 1.807) is 12.1 Å². The van der Waals surface area contributed by atoms with Crippen molar-refractivity contribution in [3.8, 4) is 0 Å². The first kappa shape index (κ1) is 9.78. The van der Waals surface area contributed by atoms with Crippen LogP contribution in [-0.2, 0) is 0 Å². The van der Waals surface area contributed by atoms with E-state index in [1.807, 2.05) is 24.3 Å². The monoisotopic (exact) mass is 223 g/mol. The third kappa shape index (κ3) is 1.29. The maximum atomic E-state index is 11.1. The molecule has 3 heteroatoms. The van der Waals surface area contributed by atoms with Crippen LogP contribution >= 0.6 is 0 Å². The van der Waals surface area contributed by atoms with E-state index in [0.717, 1.165) is 34.4 Å². The molecule has 0 aliphatic rings. The van der Waals surface area contributed by atoms with Crippen molar-refractivity contribution in [2.24, 2.45) is 0 Å². The molecule has 0 aliphatic carbocycles. The highest BCUT2D eigenvalue weighted by molar-refractivity contribution is 6.18. The molecule has 17 heavy (non-hydrogen) atoms. The summed E-state index contributed by atoms with van der Waals surface area (Å²) in [6.45, 7) is 0. The van der Waals surface area contributed by atoms with E-state index in [4.69, 9.17) is 0 Å². The summed E-state index contributed by atoms with van der Waals surface area (Å²) in [6.07, 6.45) is 1.63. The number of H-pyrrole nitrogens is 1. The number of aromatic amines is 1. The lowest BCUT2D eigenvalue weighted by molar-refractivity contribution is 0.111. The third-order valence-corrected chi connectivity index (χ3v) is 2.97. The van der Waals surface area contributed by atoms with Crippen molar-refractivity contribution in [2.45, 2.75) is 0 Å². The average Bonchev–Trinajstić information content (AvgIpc) is 2.76. The first-order valence-corrected chi connectivity index (χ1v) is 5.29. The van der Waals surface area contributed by atoms with E-state index in [1.165, 1.54) is 0 Å². The Balaban J connectivity index is 2.64. The van der Waals surface area contributed by atoms with Crippen molar-refractivity contribution < 1.29 is 9.59 Å². The normalized spacial score (nSPS) is 10.8. The number of rotatable bonds is 2. The molecule has 3 nitrogen and oxygen atoms in total. The van der Waals surface area contributed by atoms with Gasteiger partial charge in [0.25, 0.3) is 0 Å². The lowest BCUT2D eigenvalue weighted by Gasteiger charge is -1.97. The molecule has 0 unspecified atom stereocenters. The Kier molecular flexibility index (Phi) is 2.05. The van der Waals surface area contributed by atoms with Gasteiger partial charge in [0.15, 0.2) is 12.6 Å². The van der Waals surface area contributed by atoms with Crippen LogP contribution in [0.5, 0.6) is 0 Å². The minimum atomic E-state index is 0.600. The van der Waals surface area contributed by atoms with Crippen molar-refractivity contribution in [1.82, 2.24) is 4.98 Å². The molecule has 1 aromatic heterocycles. The topological polar surface area (TPSA) is 49.9 Å². The van der Waals surface area contributed by atoms with Gasteiger partial charge in [0.1, 0.15) is 0 Å². The summed E-state index contributed by atoms with van der Waals surface area (Å²) in [5.41, 5.74) is 2.95. The van der Waals surface area contributed by atoms with Gasteiger partial charge in [0, 0.05) is 32.9 Å². The highest BCUT2D eigenvalue weighted by Gasteiger charge is 2.10. The smallest absolute Gasteiger partial charge is 0.150 e. The Hall–Kier alpha value is -2.42. The minimum Gasteiger partial charge on any atom is -0.354 e. The van der Waals surface area contributed by atoms with Gasteiger partial charge in [-0.3, -0.25) is 9.59 Å². The SMILES string of the molecule is O=Cc1cccc2[nH]c3cccc(C=O)c3c12. The second-order valence-corrected chi connectivity index (χ2v) is 3.90. The molecule has 0 atom stereocenters. The molecule has 0 aliphatic heterocycles. The summed E-state index contributed by atoms with van der Waals surface area (Å²) >= 11 is 0. The van der Waals surface area contributed by atoms with E-state index in [0.29, 0.717) is 11.1 Å². The predicted octanol–water partition coefficient (Wildman–Crippen LogP) is 2.95. The Morgan fingerprint density at radius 3 is 1.65 bits per heavy atom. The second-order valence-electron chi connectivity index (χ2n) is 3.90. The maximum Gasteiger partial charge on any atom is 0.150 e. The molecule has 0 saturated heterocycles. The molecule has 0 spiro atoms. The number of fused-ring (bicyclic) bond motifs is 3. The largest absolute Gasteiger partial charge is 0.354 e. The highest BCUT2D eigenvalue weighted by Crippen LogP contribution is 2.29. The van der Waals surface area contributed by atoms with E-state index in [9.17, 15) is 9.59 Å². The van der Waals surface area contributed by atoms with Crippen LogP contribution in [0.25, 0.3) is 21.8 Å². The quantitative estimate of drug-likeness (QED) is 0.679. The molecular formula is C14H9NO2. The van der Waals surface area contributed by atoms with Gasteiger partial charge in [-0.05, 0) is 12.1 Å². The van der Waals surface area contributed by atoms with E-state index in [2.05, 4.69) is 4.98 Å². The van der Waals surface area contributed by atoms with Crippen LogP contribution in [0.4, 0.5) is 0 Å². The summed E-state index contributed by atoms with van der Waals surface area (Å²) < 4.78 is 0. The Morgan fingerprint density at radius 2 is 1.24 bits per heavy atom. The maximum absolute atomic E-state index is 11.1. The van der Waals surface area contributed by atoms with Crippen LogP contribution in [0.2, 0.25) is 0 Å². The molecule has 3 aromatic rings. The van der Waals surface area contributed by atoms with Crippen molar-refractivity contribution in [2.75, 3.05) is 0 Å². The Morgan fingerprint density at radius 1 is 0.765 bits per heavy atom. The van der Waals surface area contributed by atoms with Crippen LogP contribution in [0, 0.1) is 0 Å². The molecule has 2 aromatic carbocycles. The number of carbonyl (C=O) groups is 2. The van der Waals surface area contributed by atoms with Crippen molar-refractivity contribution in [3.05, 3.63) is 47.5 Å². The van der Waals surface area contributed by atoms with Gasteiger partial charge in [-0.2, -0.15) is 0 Å². The molecule has 0 bridgehead atoms. The summed E-state index contributed by atoms with van der Waals surface area (Å²) in [7, 11) is 0. The van der Waals surface area contributed by atoms with E-state index < -0.39 is 0 Å². The van der Waals surface area contributed by atoms with Crippen LogP contribution in [-0.4, -0.2) is 17.6 Å². The van der Waals surface area contributed by atoms with Crippen LogP contribution in [0.1, 0.15) is 20.7 Å². The molecule has 0 saturated carbocycles. The summed E-state index contributed by atoms with van der Waals surface area (Å²) in [5.74, 6) is 0. The summed E-state index contributed by atoms with van der Waals surface area (Å²) in [6, 6.07) is 11.0. The Labute approximate surface area is 97.1 Å². The molecular weight excluding hydrogens is 214 g/mol. The van der Waals surface area contributed by atoms with Crippen LogP contribution < -0.4 is 0 Å². The number of aromatic nitrogens is 1. The van der Waals surface area contributed by atoms with Crippen molar-refractivity contribution >= 4 is 34.4 Å². The number of aldehydes is 2. The number of nitrogens with one attached hydrogen (secondary N) is 1. The standard InChI is InChI=1S/C14H9NO2/c16-7-9-3-1-5-11-13(9)14-10(8-17)4-2-6-12(14)15-11/h1-8,15H. The second kappa shape index (κ2) is 3.56. The predicted molar refractivity (Wildman–Crippen MR) is 66.6 cm³/mol. The highest BCUT2D eigenvalue weighted by atomic mass is 16.1. The van der Waals surface area contributed by atoms with E-state index >= 15 is 0 Å². The fourth-order valence-electron chi connectivity index (χ4n) is 2.25. The van der Waals surface area contributed by atoms with Gasteiger partial charge in [-0.1, -0.05) is 24.3 Å². The van der Waals surface area contributed by atoms with Gasteiger partial charge < -0.3 is 4.98 Å². The van der Waals surface area contributed by atoms with Crippen LogP contribution in [0.15, 0.2) is 36.4 Å². The molecule has 1 N–H and O–H groups in total. The van der Waals surface area contributed by atoms with Gasteiger partial charge >= 0.3 is 0 Å². The molecule has 0 fully saturated rings. The van der Waals surface area contributed by atoms with Gasteiger partial charge in [0.2, 0.25) is 0 Å². The fraction of sp³-hybridized carbons (Fsp3) is 0. The lowest BCUT2D eigenvalue weighted by atomic mass is 10.0. The number of hydrogen-bond donors (Lipinski definition) is 1. The molecule has 3 rings (SSSR count). The molecule has 0 amide bonds. The van der Waals surface area contributed by atoms with Crippen molar-refractivity contribution in [1.29, 1.82) is 0 Å². The number of benzene rings is 2. The fourth-order valence-corrected chi connectivity index (χ4v) is 2.25. The zero-order valence-corrected chi connectivity index (χ0v) is 8.94. The van der Waals surface area contributed by atoms with Crippen molar-refractivity contribution in [3.63, 3.8) is 0 Å². The Bertz CT molecular complexity index is 678. The average molecular weight is 223 g/mol. The first-order chi connectivity index (χ1) is 8.35. The molecule has 0 radical (unpaired) electrons.